The van der Waals surface area contributed by atoms with Crippen LogP contribution in [0.5, 0.6) is 5.75 Å². The van der Waals surface area contributed by atoms with Crippen LogP contribution in [0.15, 0.2) is 18.2 Å². The van der Waals surface area contributed by atoms with Crippen molar-refractivity contribution < 1.29 is 9.13 Å². The van der Waals surface area contributed by atoms with Gasteiger partial charge in [-0.05, 0) is 55.0 Å². The van der Waals surface area contributed by atoms with Gasteiger partial charge in [-0.3, -0.25) is 0 Å². The number of nitrogens with one attached hydrogen (secondary N) is 1. The molecular formula is C14H20FNOS. The Hall–Kier alpha value is -0.740. The van der Waals surface area contributed by atoms with E-state index in [1.54, 1.807) is 6.07 Å². The molecule has 0 aromatic heterocycles. The van der Waals surface area contributed by atoms with Crippen molar-refractivity contribution in [2.24, 2.45) is 5.92 Å². The average molecular weight is 269 g/mol. The Morgan fingerprint density at radius 2 is 2.39 bits per heavy atom. The Kier molecular flexibility index (Phi) is 4.89. The summed E-state index contributed by atoms with van der Waals surface area (Å²) in [5.41, 5.74) is 1.07. The number of ether oxygens (including phenoxy) is 1. The zero-order valence-electron chi connectivity index (χ0n) is 10.9. The molecule has 1 aliphatic rings. The van der Waals surface area contributed by atoms with E-state index >= 15 is 0 Å². The van der Waals surface area contributed by atoms with E-state index in [0.717, 1.165) is 18.0 Å². The van der Waals surface area contributed by atoms with Crippen molar-refractivity contribution in [1.82, 2.24) is 5.32 Å². The third-order valence-electron chi connectivity index (χ3n) is 3.41. The fraction of sp³-hybridized carbons (Fsp3) is 0.571. The quantitative estimate of drug-likeness (QED) is 0.886. The topological polar surface area (TPSA) is 21.3 Å². The number of hydrogen-bond acceptors (Lipinski definition) is 3. The summed E-state index contributed by atoms with van der Waals surface area (Å²) in [5, 5.41) is 3.52. The molecule has 1 fully saturated rings. The Morgan fingerprint density at radius 1 is 1.56 bits per heavy atom. The molecule has 100 valence electrons. The van der Waals surface area contributed by atoms with Gasteiger partial charge in [0.1, 0.15) is 0 Å². The molecule has 0 aliphatic carbocycles. The summed E-state index contributed by atoms with van der Waals surface area (Å²) in [4.78, 5) is 0. The normalized spacial score (nSPS) is 20.9. The van der Waals surface area contributed by atoms with Gasteiger partial charge in [0.05, 0.1) is 7.11 Å². The van der Waals surface area contributed by atoms with Crippen LogP contribution in [-0.2, 0) is 0 Å². The highest BCUT2D eigenvalue weighted by Crippen LogP contribution is 2.25. The molecule has 0 spiro atoms. The second-order valence-corrected chi connectivity index (χ2v) is 5.90. The molecular weight excluding hydrogens is 249 g/mol. The van der Waals surface area contributed by atoms with Gasteiger partial charge in [-0.2, -0.15) is 11.8 Å². The number of thioether (sulfide) groups is 1. The smallest absolute Gasteiger partial charge is 0.165 e. The van der Waals surface area contributed by atoms with Crippen molar-refractivity contribution in [2.75, 3.05) is 25.2 Å². The van der Waals surface area contributed by atoms with Crippen molar-refractivity contribution in [3.05, 3.63) is 29.6 Å². The first kappa shape index (κ1) is 13.7. The van der Waals surface area contributed by atoms with E-state index in [-0.39, 0.29) is 11.9 Å². The maximum Gasteiger partial charge on any atom is 0.165 e. The maximum atomic E-state index is 13.3. The Bertz CT molecular complexity index is 393. The minimum Gasteiger partial charge on any atom is -0.494 e. The van der Waals surface area contributed by atoms with Crippen LogP contribution in [0.3, 0.4) is 0 Å². The second-order valence-electron chi connectivity index (χ2n) is 4.75. The fourth-order valence-corrected chi connectivity index (χ4v) is 3.44. The molecule has 0 radical (unpaired) electrons. The molecule has 18 heavy (non-hydrogen) atoms. The first-order valence-corrected chi connectivity index (χ1v) is 7.50. The lowest BCUT2D eigenvalue weighted by molar-refractivity contribution is 0.384. The van der Waals surface area contributed by atoms with Gasteiger partial charge < -0.3 is 10.1 Å². The number of benzene rings is 1. The number of hydrogen-bond donors (Lipinski definition) is 1. The lowest BCUT2D eigenvalue weighted by Gasteiger charge is -2.17. The first-order valence-electron chi connectivity index (χ1n) is 6.35. The predicted molar refractivity (Wildman–Crippen MR) is 74.8 cm³/mol. The van der Waals surface area contributed by atoms with Crippen LogP contribution < -0.4 is 10.1 Å². The number of halogens is 1. The van der Waals surface area contributed by atoms with Gasteiger partial charge in [-0.15, -0.1) is 0 Å². The van der Waals surface area contributed by atoms with Crippen LogP contribution in [0.1, 0.15) is 24.9 Å². The number of rotatable bonds is 5. The standard InChI is InChI=1S/C14H20FNOS/c1-10(16-8-11-5-6-18-9-11)12-3-4-13(15)14(7-12)17-2/h3-4,7,10-11,16H,5-6,8-9H2,1-2H3. The van der Waals surface area contributed by atoms with Crippen LogP contribution in [0, 0.1) is 11.7 Å². The molecule has 4 heteroatoms. The summed E-state index contributed by atoms with van der Waals surface area (Å²) in [6, 6.07) is 5.29. The molecule has 1 aromatic carbocycles. The molecule has 1 aliphatic heterocycles. The molecule has 1 N–H and O–H groups in total. The summed E-state index contributed by atoms with van der Waals surface area (Å²) < 4.78 is 18.3. The average Bonchev–Trinajstić information content (AvgIpc) is 2.89. The van der Waals surface area contributed by atoms with Gasteiger partial charge in [0.2, 0.25) is 0 Å². The third kappa shape index (κ3) is 3.39. The highest BCUT2D eigenvalue weighted by atomic mass is 32.2. The van der Waals surface area contributed by atoms with Crippen LogP contribution in [0.4, 0.5) is 4.39 Å². The first-order chi connectivity index (χ1) is 8.70. The molecule has 0 saturated carbocycles. The van der Waals surface area contributed by atoms with E-state index in [2.05, 4.69) is 12.2 Å². The summed E-state index contributed by atoms with van der Waals surface area (Å²) >= 11 is 2.03. The van der Waals surface area contributed by atoms with Crippen LogP contribution >= 0.6 is 11.8 Å². The van der Waals surface area contributed by atoms with Crippen molar-refractivity contribution in [3.8, 4) is 5.75 Å². The number of methoxy groups -OCH3 is 1. The van der Waals surface area contributed by atoms with Gasteiger partial charge in [0, 0.05) is 6.04 Å². The molecule has 1 aromatic rings. The maximum absolute atomic E-state index is 13.3. The summed E-state index contributed by atoms with van der Waals surface area (Å²) in [6.45, 7) is 3.14. The van der Waals surface area contributed by atoms with Gasteiger partial charge in [0.25, 0.3) is 0 Å². The molecule has 2 atom stereocenters. The summed E-state index contributed by atoms with van der Waals surface area (Å²) in [5.74, 6) is 3.33. The van der Waals surface area contributed by atoms with Gasteiger partial charge in [-0.25, -0.2) is 4.39 Å². The molecule has 1 heterocycles. The SMILES string of the molecule is COc1cc(C(C)NCC2CCSC2)ccc1F. The zero-order valence-corrected chi connectivity index (χ0v) is 11.7. The van der Waals surface area contributed by atoms with E-state index < -0.39 is 0 Å². The van der Waals surface area contributed by atoms with Crippen LogP contribution in [-0.4, -0.2) is 25.2 Å². The molecule has 0 amide bonds. The predicted octanol–water partition coefficient (Wildman–Crippen LogP) is 3.24. The van der Waals surface area contributed by atoms with Gasteiger partial charge in [0.15, 0.2) is 11.6 Å². The Balaban J connectivity index is 1.93. The lowest BCUT2D eigenvalue weighted by atomic mass is 10.1. The van der Waals surface area contributed by atoms with Gasteiger partial charge in [-0.1, -0.05) is 6.07 Å². The monoisotopic (exact) mass is 269 g/mol. The summed E-state index contributed by atoms with van der Waals surface area (Å²) in [6.07, 6.45) is 1.30. The van der Waals surface area contributed by atoms with E-state index in [1.807, 2.05) is 17.8 Å². The van der Waals surface area contributed by atoms with Crippen molar-refractivity contribution in [3.63, 3.8) is 0 Å². The largest absolute Gasteiger partial charge is 0.494 e. The van der Waals surface area contributed by atoms with Crippen molar-refractivity contribution in [2.45, 2.75) is 19.4 Å². The Labute approximate surface area is 112 Å². The van der Waals surface area contributed by atoms with E-state index in [0.29, 0.717) is 5.75 Å². The minimum absolute atomic E-state index is 0.227. The van der Waals surface area contributed by atoms with E-state index in [1.165, 1.54) is 31.1 Å². The fourth-order valence-electron chi connectivity index (χ4n) is 2.15. The Morgan fingerprint density at radius 3 is 3.06 bits per heavy atom. The zero-order chi connectivity index (χ0) is 13.0. The van der Waals surface area contributed by atoms with Crippen LogP contribution in [0.25, 0.3) is 0 Å². The van der Waals surface area contributed by atoms with E-state index in [9.17, 15) is 4.39 Å². The second kappa shape index (κ2) is 6.43. The lowest BCUT2D eigenvalue weighted by Crippen LogP contribution is -2.25. The highest BCUT2D eigenvalue weighted by Gasteiger charge is 2.16. The highest BCUT2D eigenvalue weighted by molar-refractivity contribution is 7.99. The molecule has 2 rings (SSSR count). The molecule has 2 unspecified atom stereocenters. The minimum atomic E-state index is -0.305. The molecule has 2 nitrogen and oxygen atoms in total. The van der Waals surface area contributed by atoms with Crippen molar-refractivity contribution in [1.29, 1.82) is 0 Å². The van der Waals surface area contributed by atoms with E-state index in [4.69, 9.17) is 4.74 Å². The van der Waals surface area contributed by atoms with Crippen LogP contribution in [0.2, 0.25) is 0 Å². The molecule has 0 bridgehead atoms. The molecule has 1 saturated heterocycles. The van der Waals surface area contributed by atoms with Crippen molar-refractivity contribution >= 4 is 11.8 Å². The summed E-state index contributed by atoms with van der Waals surface area (Å²) in [7, 11) is 1.50. The van der Waals surface area contributed by atoms with Gasteiger partial charge >= 0.3 is 0 Å². The third-order valence-corrected chi connectivity index (χ3v) is 4.64.